The van der Waals surface area contributed by atoms with E-state index in [1.165, 1.54) is 0 Å². The average molecular weight is 195 g/mol. The molecule has 1 heterocycles. The fraction of sp³-hybridized carbons (Fsp3) is 0.600. The lowest BCUT2D eigenvalue weighted by Crippen LogP contribution is -2.10. The van der Waals surface area contributed by atoms with E-state index in [0.717, 1.165) is 17.9 Å². The Labute approximate surface area is 84.5 Å². The molecule has 2 N–H and O–H groups in total. The lowest BCUT2D eigenvalue weighted by molar-refractivity contribution is 0.231. The number of aryl methyl sites for hydroxylation is 1. The van der Waals surface area contributed by atoms with E-state index in [-0.39, 0.29) is 6.10 Å². The largest absolute Gasteiger partial charge is 0.475 e. The van der Waals surface area contributed by atoms with Gasteiger partial charge in [0.25, 0.3) is 0 Å². The molecule has 0 fully saturated rings. The van der Waals surface area contributed by atoms with Crippen LogP contribution in [-0.4, -0.2) is 22.6 Å². The first-order valence-corrected chi connectivity index (χ1v) is 4.83. The van der Waals surface area contributed by atoms with Crippen LogP contribution in [0.5, 0.6) is 5.88 Å². The smallest absolute Gasteiger partial charge is 0.217 e. The Bertz CT molecular complexity index is 299. The molecule has 4 heteroatoms. The number of hydrogen-bond donors (Lipinski definition) is 1. The van der Waals surface area contributed by atoms with Crippen molar-refractivity contribution >= 4 is 0 Å². The van der Waals surface area contributed by atoms with Crippen LogP contribution >= 0.6 is 0 Å². The minimum Gasteiger partial charge on any atom is -0.475 e. The van der Waals surface area contributed by atoms with Crippen LogP contribution in [0.3, 0.4) is 0 Å². The molecule has 0 saturated heterocycles. The maximum atomic E-state index is 5.49. The minimum atomic E-state index is 0.134. The van der Waals surface area contributed by atoms with Crippen LogP contribution in [0.2, 0.25) is 0 Å². The van der Waals surface area contributed by atoms with Crippen molar-refractivity contribution in [2.45, 2.75) is 33.3 Å². The fourth-order valence-electron chi connectivity index (χ4n) is 1.18. The molecule has 0 unspecified atom stereocenters. The number of ether oxygens (including phenoxy) is 1. The Balaban J connectivity index is 2.83. The summed E-state index contributed by atoms with van der Waals surface area (Å²) in [5.41, 5.74) is 6.40. The predicted octanol–water partition coefficient (Wildman–Crippen LogP) is 1.07. The molecule has 1 aromatic rings. The van der Waals surface area contributed by atoms with E-state index < -0.39 is 0 Å². The van der Waals surface area contributed by atoms with Gasteiger partial charge in [-0.3, -0.25) is 0 Å². The van der Waals surface area contributed by atoms with Crippen LogP contribution in [0, 0.1) is 6.92 Å². The molecule has 14 heavy (non-hydrogen) atoms. The SMILES string of the molecule is Cc1nc(CCN)cc(OC(C)C)n1. The Morgan fingerprint density at radius 1 is 1.43 bits per heavy atom. The third-order valence-corrected chi connectivity index (χ3v) is 1.62. The zero-order valence-electron chi connectivity index (χ0n) is 8.95. The molecule has 0 aliphatic rings. The van der Waals surface area contributed by atoms with E-state index in [1.807, 2.05) is 26.8 Å². The summed E-state index contributed by atoms with van der Waals surface area (Å²) in [5, 5.41) is 0. The van der Waals surface area contributed by atoms with Gasteiger partial charge in [-0.15, -0.1) is 0 Å². The third kappa shape index (κ3) is 3.30. The van der Waals surface area contributed by atoms with Gasteiger partial charge in [0.05, 0.1) is 6.10 Å². The fourth-order valence-corrected chi connectivity index (χ4v) is 1.18. The second kappa shape index (κ2) is 4.91. The number of aromatic nitrogens is 2. The molecule has 78 valence electrons. The molecular formula is C10H17N3O. The molecule has 1 rings (SSSR count). The molecule has 0 radical (unpaired) electrons. The third-order valence-electron chi connectivity index (χ3n) is 1.62. The average Bonchev–Trinajstić information content (AvgIpc) is 2.01. The lowest BCUT2D eigenvalue weighted by atomic mass is 10.3. The summed E-state index contributed by atoms with van der Waals surface area (Å²) in [5.74, 6) is 1.36. The van der Waals surface area contributed by atoms with Gasteiger partial charge in [-0.2, -0.15) is 4.98 Å². The highest BCUT2D eigenvalue weighted by Crippen LogP contribution is 2.11. The molecular weight excluding hydrogens is 178 g/mol. The number of nitrogens with two attached hydrogens (primary N) is 1. The van der Waals surface area contributed by atoms with Gasteiger partial charge in [0.2, 0.25) is 5.88 Å². The van der Waals surface area contributed by atoms with Crippen LogP contribution in [0.25, 0.3) is 0 Å². The summed E-state index contributed by atoms with van der Waals surface area (Å²) in [6.45, 7) is 6.39. The Morgan fingerprint density at radius 2 is 2.14 bits per heavy atom. The van der Waals surface area contributed by atoms with E-state index in [2.05, 4.69) is 9.97 Å². The van der Waals surface area contributed by atoms with E-state index in [4.69, 9.17) is 10.5 Å². The second-order valence-electron chi connectivity index (χ2n) is 3.45. The molecule has 0 aliphatic heterocycles. The Kier molecular flexibility index (Phi) is 3.83. The van der Waals surface area contributed by atoms with E-state index in [1.54, 1.807) is 0 Å². The summed E-state index contributed by atoms with van der Waals surface area (Å²) in [6, 6.07) is 1.85. The van der Waals surface area contributed by atoms with Crippen LogP contribution in [0.1, 0.15) is 25.4 Å². The monoisotopic (exact) mass is 195 g/mol. The maximum Gasteiger partial charge on any atom is 0.217 e. The van der Waals surface area contributed by atoms with Gasteiger partial charge in [-0.05, 0) is 27.3 Å². The van der Waals surface area contributed by atoms with E-state index >= 15 is 0 Å². The normalized spacial score (nSPS) is 10.6. The molecule has 1 aromatic heterocycles. The van der Waals surface area contributed by atoms with Crippen molar-refractivity contribution in [2.75, 3.05) is 6.54 Å². The van der Waals surface area contributed by atoms with Crippen LogP contribution in [0.15, 0.2) is 6.07 Å². The highest BCUT2D eigenvalue weighted by Gasteiger charge is 2.03. The topological polar surface area (TPSA) is 61.0 Å². The van der Waals surface area contributed by atoms with Gasteiger partial charge >= 0.3 is 0 Å². The summed E-state index contributed by atoms with van der Waals surface area (Å²) in [6.07, 6.45) is 0.896. The standard InChI is InChI=1S/C10H17N3O/c1-7(2)14-10-6-9(4-5-11)12-8(3)13-10/h6-7H,4-5,11H2,1-3H3. The van der Waals surface area contributed by atoms with Gasteiger partial charge in [-0.25, -0.2) is 4.98 Å². The van der Waals surface area contributed by atoms with Gasteiger partial charge in [-0.1, -0.05) is 0 Å². The zero-order valence-corrected chi connectivity index (χ0v) is 8.95. The first-order valence-electron chi connectivity index (χ1n) is 4.83. The van der Waals surface area contributed by atoms with Gasteiger partial charge < -0.3 is 10.5 Å². The van der Waals surface area contributed by atoms with Crippen molar-refractivity contribution in [1.29, 1.82) is 0 Å². The summed E-state index contributed by atoms with van der Waals surface area (Å²) >= 11 is 0. The van der Waals surface area contributed by atoms with Crippen molar-refractivity contribution < 1.29 is 4.74 Å². The maximum absolute atomic E-state index is 5.49. The first kappa shape index (κ1) is 10.9. The number of hydrogen-bond acceptors (Lipinski definition) is 4. The Hall–Kier alpha value is -1.16. The molecule has 0 aliphatic carbocycles. The van der Waals surface area contributed by atoms with Gasteiger partial charge in [0.15, 0.2) is 0 Å². The molecule has 0 saturated carbocycles. The minimum absolute atomic E-state index is 0.134. The lowest BCUT2D eigenvalue weighted by Gasteiger charge is -2.10. The zero-order chi connectivity index (χ0) is 10.6. The first-order chi connectivity index (χ1) is 6.61. The second-order valence-corrected chi connectivity index (χ2v) is 3.45. The van der Waals surface area contributed by atoms with Gasteiger partial charge in [0.1, 0.15) is 5.82 Å². The molecule has 0 spiro atoms. The highest BCUT2D eigenvalue weighted by atomic mass is 16.5. The van der Waals surface area contributed by atoms with Crippen molar-refractivity contribution in [3.63, 3.8) is 0 Å². The Morgan fingerprint density at radius 3 is 2.71 bits per heavy atom. The number of nitrogens with zero attached hydrogens (tertiary/aromatic N) is 2. The van der Waals surface area contributed by atoms with Gasteiger partial charge in [0, 0.05) is 18.2 Å². The molecule has 0 bridgehead atoms. The van der Waals surface area contributed by atoms with Crippen molar-refractivity contribution in [3.05, 3.63) is 17.6 Å². The van der Waals surface area contributed by atoms with Crippen molar-refractivity contribution in [1.82, 2.24) is 9.97 Å². The quantitative estimate of drug-likeness (QED) is 0.780. The van der Waals surface area contributed by atoms with Crippen molar-refractivity contribution in [2.24, 2.45) is 5.73 Å². The van der Waals surface area contributed by atoms with Crippen molar-refractivity contribution in [3.8, 4) is 5.88 Å². The molecule has 4 nitrogen and oxygen atoms in total. The van der Waals surface area contributed by atoms with E-state index in [9.17, 15) is 0 Å². The summed E-state index contributed by atoms with van der Waals surface area (Å²) in [4.78, 5) is 8.44. The van der Waals surface area contributed by atoms with E-state index in [0.29, 0.717) is 12.4 Å². The van der Waals surface area contributed by atoms with Crippen LogP contribution < -0.4 is 10.5 Å². The number of rotatable bonds is 4. The highest BCUT2D eigenvalue weighted by molar-refractivity contribution is 5.16. The van der Waals surface area contributed by atoms with Crippen LogP contribution in [-0.2, 0) is 6.42 Å². The predicted molar refractivity (Wildman–Crippen MR) is 55.3 cm³/mol. The summed E-state index contributed by atoms with van der Waals surface area (Å²) in [7, 11) is 0. The molecule has 0 aromatic carbocycles. The van der Waals surface area contributed by atoms with Crippen LogP contribution in [0.4, 0.5) is 0 Å². The summed E-state index contributed by atoms with van der Waals surface area (Å²) < 4.78 is 5.49. The molecule has 0 amide bonds. The molecule has 0 atom stereocenters.